The molecule has 5 nitrogen and oxygen atoms in total. The van der Waals surface area contributed by atoms with Crippen LogP contribution in [0.2, 0.25) is 0 Å². The summed E-state index contributed by atoms with van der Waals surface area (Å²) in [5.41, 5.74) is 0. The van der Waals surface area contributed by atoms with Gasteiger partial charge >= 0.3 is 0 Å². The van der Waals surface area contributed by atoms with Crippen LogP contribution in [0, 0.1) is 0 Å². The predicted octanol–water partition coefficient (Wildman–Crippen LogP) is 1.23. The van der Waals surface area contributed by atoms with Gasteiger partial charge in [-0.2, -0.15) is 0 Å². The number of hydrogen-bond acceptors (Lipinski definition) is 5. The Bertz CT molecular complexity index is 558. The van der Waals surface area contributed by atoms with Crippen LogP contribution >= 0.6 is 0 Å². The van der Waals surface area contributed by atoms with E-state index in [1.807, 2.05) is 0 Å². The summed E-state index contributed by atoms with van der Waals surface area (Å²) in [4.78, 5) is 0.270. The molecule has 0 aromatic heterocycles. The Hall–Kier alpha value is -1.11. The van der Waals surface area contributed by atoms with Gasteiger partial charge in [0.1, 0.15) is 18.0 Å². The molecular weight excluding hydrogens is 278 g/mol. The van der Waals surface area contributed by atoms with E-state index in [4.69, 9.17) is 9.47 Å². The second-order valence-corrected chi connectivity index (χ2v) is 7.02. The fraction of sp³-hybridized carbons (Fsp3) is 0.571. The first-order valence-corrected chi connectivity index (χ1v) is 8.57. The van der Waals surface area contributed by atoms with Gasteiger partial charge in [0.05, 0.1) is 4.90 Å². The fourth-order valence-electron chi connectivity index (χ4n) is 2.43. The second kappa shape index (κ2) is 6.11. The summed E-state index contributed by atoms with van der Waals surface area (Å²) in [7, 11) is -1.55. The molecule has 1 aromatic rings. The molecule has 1 aliphatic rings. The molecule has 0 heterocycles. The molecule has 20 heavy (non-hydrogen) atoms. The average Bonchev–Trinajstić information content (AvgIpc) is 2.37. The summed E-state index contributed by atoms with van der Waals surface area (Å²) >= 11 is 0. The number of methoxy groups -OCH3 is 1. The lowest BCUT2D eigenvalue weighted by atomic mass is 9.85. The maximum atomic E-state index is 11.5. The molecule has 0 amide bonds. The zero-order valence-corrected chi connectivity index (χ0v) is 12.8. The summed E-state index contributed by atoms with van der Waals surface area (Å²) in [5.74, 6) is 0.565. The third kappa shape index (κ3) is 3.31. The van der Waals surface area contributed by atoms with Crippen molar-refractivity contribution >= 4 is 9.84 Å². The Kier molecular flexibility index (Phi) is 4.67. The molecule has 1 aromatic carbocycles. The normalized spacial score (nSPS) is 26.1. The highest BCUT2D eigenvalue weighted by Gasteiger charge is 2.42. The SMILES string of the molecule is CCNC1CC(Oc2cccc(S(C)(=O)=O)c2)C1OC. The first-order chi connectivity index (χ1) is 9.45. The summed E-state index contributed by atoms with van der Waals surface area (Å²) in [5, 5.41) is 3.33. The van der Waals surface area contributed by atoms with Crippen LogP contribution in [0.25, 0.3) is 0 Å². The van der Waals surface area contributed by atoms with Crippen LogP contribution in [0.3, 0.4) is 0 Å². The van der Waals surface area contributed by atoms with Crippen molar-refractivity contribution in [1.82, 2.24) is 5.32 Å². The zero-order valence-electron chi connectivity index (χ0n) is 12.0. The number of likely N-dealkylation sites (N-methyl/N-ethyl adjacent to an activating group) is 1. The van der Waals surface area contributed by atoms with Gasteiger partial charge < -0.3 is 14.8 Å². The Morgan fingerprint density at radius 2 is 2.15 bits per heavy atom. The van der Waals surface area contributed by atoms with Crippen molar-refractivity contribution in [3.8, 4) is 5.75 Å². The van der Waals surface area contributed by atoms with Gasteiger partial charge in [0.25, 0.3) is 0 Å². The lowest BCUT2D eigenvalue weighted by Crippen LogP contribution is -2.60. The van der Waals surface area contributed by atoms with Gasteiger partial charge in [-0.3, -0.25) is 0 Å². The highest BCUT2D eigenvalue weighted by Crippen LogP contribution is 2.29. The lowest BCUT2D eigenvalue weighted by molar-refractivity contribution is -0.0884. The minimum absolute atomic E-state index is 0.00293. The molecule has 6 heteroatoms. The Morgan fingerprint density at radius 1 is 1.40 bits per heavy atom. The van der Waals surface area contributed by atoms with E-state index in [2.05, 4.69) is 12.2 Å². The lowest BCUT2D eigenvalue weighted by Gasteiger charge is -2.43. The molecule has 1 saturated carbocycles. The largest absolute Gasteiger partial charge is 0.488 e. The summed E-state index contributed by atoms with van der Waals surface area (Å²) < 4.78 is 34.3. The summed E-state index contributed by atoms with van der Waals surface area (Å²) in [6.45, 7) is 2.94. The molecule has 1 fully saturated rings. The minimum Gasteiger partial charge on any atom is -0.488 e. The molecular formula is C14H21NO4S. The molecule has 0 spiro atoms. The average molecular weight is 299 g/mol. The maximum Gasteiger partial charge on any atom is 0.175 e. The fourth-order valence-corrected chi connectivity index (χ4v) is 3.08. The zero-order chi connectivity index (χ0) is 14.8. The third-order valence-electron chi connectivity index (χ3n) is 3.51. The molecule has 0 aliphatic heterocycles. The van der Waals surface area contributed by atoms with E-state index in [0.717, 1.165) is 13.0 Å². The Labute approximate surface area is 120 Å². The molecule has 112 valence electrons. The van der Waals surface area contributed by atoms with Crippen molar-refractivity contribution in [2.24, 2.45) is 0 Å². The monoisotopic (exact) mass is 299 g/mol. The van der Waals surface area contributed by atoms with Crippen molar-refractivity contribution in [1.29, 1.82) is 0 Å². The molecule has 3 unspecified atom stereocenters. The number of ether oxygens (including phenoxy) is 2. The van der Waals surface area contributed by atoms with Crippen LogP contribution in [0.1, 0.15) is 13.3 Å². The smallest absolute Gasteiger partial charge is 0.175 e. The summed E-state index contributed by atoms with van der Waals surface area (Å²) in [6, 6.07) is 6.88. The molecule has 0 saturated heterocycles. The van der Waals surface area contributed by atoms with E-state index in [-0.39, 0.29) is 17.1 Å². The van der Waals surface area contributed by atoms with E-state index < -0.39 is 9.84 Å². The van der Waals surface area contributed by atoms with E-state index in [1.54, 1.807) is 31.4 Å². The number of sulfone groups is 1. The number of rotatable bonds is 6. The van der Waals surface area contributed by atoms with Crippen LogP contribution < -0.4 is 10.1 Å². The highest BCUT2D eigenvalue weighted by molar-refractivity contribution is 7.90. The molecule has 2 rings (SSSR count). The van der Waals surface area contributed by atoms with Crippen molar-refractivity contribution in [3.05, 3.63) is 24.3 Å². The van der Waals surface area contributed by atoms with Crippen molar-refractivity contribution in [3.63, 3.8) is 0 Å². The van der Waals surface area contributed by atoms with Crippen LogP contribution in [0.15, 0.2) is 29.2 Å². The van der Waals surface area contributed by atoms with Gasteiger partial charge in [0.15, 0.2) is 9.84 Å². The van der Waals surface area contributed by atoms with Gasteiger partial charge in [-0.1, -0.05) is 13.0 Å². The van der Waals surface area contributed by atoms with Crippen LogP contribution in [0.4, 0.5) is 0 Å². The van der Waals surface area contributed by atoms with Gasteiger partial charge in [0.2, 0.25) is 0 Å². The van der Waals surface area contributed by atoms with Crippen LogP contribution in [-0.2, 0) is 14.6 Å². The second-order valence-electron chi connectivity index (χ2n) is 5.00. The Morgan fingerprint density at radius 3 is 2.75 bits per heavy atom. The van der Waals surface area contributed by atoms with Crippen molar-refractivity contribution in [2.45, 2.75) is 36.5 Å². The predicted molar refractivity (Wildman–Crippen MR) is 76.8 cm³/mol. The number of benzene rings is 1. The maximum absolute atomic E-state index is 11.5. The van der Waals surface area contributed by atoms with Gasteiger partial charge in [-0.15, -0.1) is 0 Å². The van der Waals surface area contributed by atoms with Crippen LogP contribution in [0.5, 0.6) is 5.75 Å². The van der Waals surface area contributed by atoms with Gasteiger partial charge in [-0.05, 0) is 24.7 Å². The van der Waals surface area contributed by atoms with E-state index in [9.17, 15) is 8.42 Å². The standard InChI is InChI=1S/C14H21NO4S/c1-4-15-12-9-13(14(12)18-2)19-10-6-5-7-11(8-10)20(3,16)17/h5-8,12-15H,4,9H2,1-3H3. The van der Waals surface area contributed by atoms with E-state index >= 15 is 0 Å². The van der Waals surface area contributed by atoms with E-state index in [0.29, 0.717) is 11.8 Å². The van der Waals surface area contributed by atoms with Gasteiger partial charge in [-0.25, -0.2) is 8.42 Å². The van der Waals surface area contributed by atoms with Gasteiger partial charge in [0, 0.05) is 25.8 Å². The topological polar surface area (TPSA) is 64.6 Å². The molecule has 1 N–H and O–H groups in total. The Balaban J connectivity index is 2.04. The van der Waals surface area contributed by atoms with E-state index in [1.165, 1.54) is 6.26 Å². The number of hydrogen-bond donors (Lipinski definition) is 1. The number of nitrogens with one attached hydrogen (secondary N) is 1. The molecule has 0 radical (unpaired) electrons. The molecule has 3 atom stereocenters. The van der Waals surface area contributed by atoms with Crippen LogP contribution in [-0.4, -0.2) is 46.6 Å². The highest BCUT2D eigenvalue weighted by atomic mass is 32.2. The third-order valence-corrected chi connectivity index (χ3v) is 4.62. The quantitative estimate of drug-likeness (QED) is 0.856. The molecule has 0 bridgehead atoms. The van der Waals surface area contributed by atoms with Crippen molar-refractivity contribution < 1.29 is 17.9 Å². The van der Waals surface area contributed by atoms with Crippen molar-refractivity contribution in [2.75, 3.05) is 19.9 Å². The first kappa shape index (κ1) is 15.3. The first-order valence-electron chi connectivity index (χ1n) is 6.68. The molecule has 1 aliphatic carbocycles. The minimum atomic E-state index is -3.21. The summed E-state index contributed by atoms with van der Waals surface area (Å²) in [6.07, 6.45) is 2.00.